The van der Waals surface area contributed by atoms with E-state index in [1.54, 1.807) is 31.2 Å². The lowest BCUT2D eigenvalue weighted by Gasteiger charge is -2.07. The average Bonchev–Trinajstić information content (AvgIpc) is 2.29. The van der Waals surface area contributed by atoms with Crippen LogP contribution in [0.1, 0.15) is 6.92 Å². The molecule has 1 atom stereocenters. The number of carboxylic acid groups (broad SMARTS) is 1. The molecule has 1 aromatic carbocycles. The highest BCUT2D eigenvalue weighted by molar-refractivity contribution is 8.01. The number of hydrogen-bond donors (Lipinski definition) is 2. The first-order valence-corrected chi connectivity index (χ1v) is 6.31. The minimum Gasteiger partial charge on any atom is -0.480 e. The third-order valence-electron chi connectivity index (χ3n) is 1.94. The quantitative estimate of drug-likeness (QED) is 0.865. The van der Waals surface area contributed by atoms with E-state index in [9.17, 15) is 9.59 Å². The van der Waals surface area contributed by atoms with Crippen molar-refractivity contribution in [3.8, 4) is 0 Å². The molecule has 0 saturated carbocycles. The second-order valence-corrected chi connectivity index (χ2v) is 5.11. The van der Waals surface area contributed by atoms with Crippen LogP contribution in [0.2, 0.25) is 5.02 Å². The molecule has 0 aromatic heterocycles. The van der Waals surface area contributed by atoms with Crippen LogP contribution < -0.4 is 5.32 Å². The van der Waals surface area contributed by atoms with Gasteiger partial charge in [-0.25, -0.2) is 0 Å². The molecule has 2 N–H and O–H groups in total. The number of aliphatic carboxylic acids is 1. The molecule has 1 rings (SSSR count). The summed E-state index contributed by atoms with van der Waals surface area (Å²) >= 11 is 6.78. The second-order valence-electron chi connectivity index (χ2n) is 3.35. The molecule has 0 saturated heterocycles. The van der Waals surface area contributed by atoms with Crippen molar-refractivity contribution in [2.24, 2.45) is 0 Å². The number of hydrogen-bond acceptors (Lipinski definition) is 3. The zero-order chi connectivity index (χ0) is 12.8. The number of anilines is 1. The van der Waals surface area contributed by atoms with E-state index in [0.29, 0.717) is 10.7 Å². The highest BCUT2D eigenvalue weighted by Crippen LogP contribution is 2.15. The number of benzene rings is 1. The summed E-state index contributed by atoms with van der Waals surface area (Å²) in [4.78, 5) is 22.0. The van der Waals surface area contributed by atoms with Crippen LogP contribution in [-0.4, -0.2) is 28.0 Å². The molecule has 1 unspecified atom stereocenters. The first-order chi connectivity index (χ1) is 7.99. The van der Waals surface area contributed by atoms with Gasteiger partial charge in [-0.05, 0) is 31.2 Å². The minimum atomic E-state index is -0.922. The molecular formula is C11H12ClNO3S. The van der Waals surface area contributed by atoms with E-state index < -0.39 is 11.2 Å². The number of nitrogens with one attached hydrogen (secondary N) is 1. The number of amides is 1. The number of rotatable bonds is 5. The van der Waals surface area contributed by atoms with Crippen molar-refractivity contribution in [1.29, 1.82) is 0 Å². The zero-order valence-corrected chi connectivity index (χ0v) is 10.7. The molecule has 1 amide bonds. The maximum absolute atomic E-state index is 11.5. The molecular weight excluding hydrogens is 262 g/mol. The standard InChI is InChI=1S/C11H12ClNO3S/c1-7(11(15)16)17-6-10(14)13-9-4-2-8(12)3-5-9/h2-5,7H,6H2,1H3,(H,13,14)(H,15,16). The van der Waals surface area contributed by atoms with Crippen LogP contribution in [0.3, 0.4) is 0 Å². The predicted octanol–water partition coefficient (Wildman–Crippen LogP) is 2.48. The lowest BCUT2D eigenvalue weighted by Crippen LogP contribution is -2.19. The fourth-order valence-corrected chi connectivity index (χ4v) is 1.74. The lowest BCUT2D eigenvalue weighted by molar-refractivity contribution is -0.136. The topological polar surface area (TPSA) is 66.4 Å². The number of carbonyl (C=O) groups is 2. The molecule has 0 aliphatic carbocycles. The molecule has 0 radical (unpaired) electrons. The van der Waals surface area contributed by atoms with Gasteiger partial charge < -0.3 is 10.4 Å². The van der Waals surface area contributed by atoms with Gasteiger partial charge in [-0.1, -0.05) is 11.6 Å². The third-order valence-corrected chi connectivity index (χ3v) is 3.32. The number of halogens is 1. The summed E-state index contributed by atoms with van der Waals surface area (Å²) < 4.78 is 0. The summed E-state index contributed by atoms with van der Waals surface area (Å²) in [6, 6.07) is 6.71. The van der Waals surface area contributed by atoms with Crippen LogP contribution in [0.25, 0.3) is 0 Å². The maximum atomic E-state index is 11.5. The monoisotopic (exact) mass is 273 g/mol. The number of carbonyl (C=O) groups excluding carboxylic acids is 1. The van der Waals surface area contributed by atoms with Crippen molar-refractivity contribution in [3.63, 3.8) is 0 Å². The summed E-state index contributed by atoms with van der Waals surface area (Å²) in [6.07, 6.45) is 0. The Hall–Kier alpha value is -1.20. The van der Waals surface area contributed by atoms with E-state index in [0.717, 1.165) is 11.8 Å². The molecule has 1 aromatic rings. The Morgan fingerprint density at radius 1 is 1.41 bits per heavy atom. The van der Waals surface area contributed by atoms with Crippen molar-refractivity contribution >= 4 is 40.9 Å². The van der Waals surface area contributed by atoms with Gasteiger partial charge in [0.05, 0.1) is 11.0 Å². The lowest BCUT2D eigenvalue weighted by atomic mass is 10.3. The van der Waals surface area contributed by atoms with Gasteiger partial charge in [-0.3, -0.25) is 9.59 Å². The molecule has 0 aliphatic heterocycles. The van der Waals surface area contributed by atoms with Gasteiger partial charge in [0.25, 0.3) is 0 Å². The fourth-order valence-electron chi connectivity index (χ4n) is 1.00. The van der Waals surface area contributed by atoms with Gasteiger partial charge >= 0.3 is 5.97 Å². The van der Waals surface area contributed by atoms with Crippen LogP contribution in [0, 0.1) is 0 Å². The Labute approximate surface area is 108 Å². The smallest absolute Gasteiger partial charge is 0.316 e. The van der Waals surface area contributed by atoms with Crippen molar-refractivity contribution in [2.75, 3.05) is 11.1 Å². The molecule has 0 heterocycles. The van der Waals surface area contributed by atoms with E-state index in [1.807, 2.05) is 0 Å². The SMILES string of the molecule is CC(SCC(=O)Nc1ccc(Cl)cc1)C(=O)O. The van der Waals surface area contributed by atoms with Crippen LogP contribution >= 0.6 is 23.4 Å². The highest BCUT2D eigenvalue weighted by Gasteiger charge is 2.13. The Balaban J connectivity index is 2.39. The summed E-state index contributed by atoms with van der Waals surface area (Å²) in [7, 11) is 0. The Morgan fingerprint density at radius 3 is 2.53 bits per heavy atom. The molecule has 4 nitrogen and oxygen atoms in total. The molecule has 92 valence electrons. The summed E-state index contributed by atoms with van der Waals surface area (Å²) in [5.41, 5.74) is 0.642. The molecule has 0 bridgehead atoms. The van der Waals surface area contributed by atoms with Crippen LogP contribution in [0.5, 0.6) is 0 Å². The molecule has 0 fully saturated rings. The zero-order valence-electron chi connectivity index (χ0n) is 9.14. The Kier molecular flexibility index (Phi) is 5.31. The summed E-state index contributed by atoms with van der Waals surface area (Å²) in [5.74, 6) is -1.05. The van der Waals surface area contributed by atoms with Gasteiger partial charge in [0, 0.05) is 10.7 Å². The number of carboxylic acids is 1. The summed E-state index contributed by atoms with van der Waals surface area (Å²) in [5, 5.41) is 11.3. The molecule has 17 heavy (non-hydrogen) atoms. The van der Waals surface area contributed by atoms with E-state index in [1.165, 1.54) is 0 Å². The van der Waals surface area contributed by atoms with Crippen molar-refractivity contribution in [2.45, 2.75) is 12.2 Å². The van der Waals surface area contributed by atoms with Gasteiger partial charge in [0.1, 0.15) is 0 Å². The largest absolute Gasteiger partial charge is 0.480 e. The van der Waals surface area contributed by atoms with Gasteiger partial charge in [0.2, 0.25) is 5.91 Å². The third kappa shape index (κ3) is 5.10. The van der Waals surface area contributed by atoms with Crippen LogP contribution in [0.15, 0.2) is 24.3 Å². The van der Waals surface area contributed by atoms with Gasteiger partial charge in [-0.2, -0.15) is 0 Å². The molecule has 6 heteroatoms. The molecule has 0 spiro atoms. The van der Waals surface area contributed by atoms with Gasteiger partial charge in [0.15, 0.2) is 0 Å². The van der Waals surface area contributed by atoms with E-state index in [4.69, 9.17) is 16.7 Å². The Morgan fingerprint density at radius 2 is 2.00 bits per heavy atom. The highest BCUT2D eigenvalue weighted by atomic mass is 35.5. The van der Waals surface area contributed by atoms with Crippen molar-refractivity contribution in [3.05, 3.63) is 29.3 Å². The predicted molar refractivity (Wildman–Crippen MR) is 69.6 cm³/mol. The van der Waals surface area contributed by atoms with Crippen molar-refractivity contribution in [1.82, 2.24) is 0 Å². The fraction of sp³-hybridized carbons (Fsp3) is 0.273. The van der Waals surface area contributed by atoms with E-state index in [-0.39, 0.29) is 11.7 Å². The van der Waals surface area contributed by atoms with E-state index in [2.05, 4.69) is 5.32 Å². The average molecular weight is 274 g/mol. The van der Waals surface area contributed by atoms with Crippen molar-refractivity contribution < 1.29 is 14.7 Å². The molecule has 0 aliphatic rings. The first-order valence-electron chi connectivity index (χ1n) is 4.89. The Bertz CT molecular complexity index is 408. The van der Waals surface area contributed by atoms with Crippen LogP contribution in [0.4, 0.5) is 5.69 Å². The van der Waals surface area contributed by atoms with Crippen LogP contribution in [-0.2, 0) is 9.59 Å². The maximum Gasteiger partial charge on any atom is 0.316 e. The minimum absolute atomic E-state index is 0.107. The first kappa shape index (κ1) is 13.9. The van der Waals surface area contributed by atoms with E-state index >= 15 is 0 Å². The summed E-state index contributed by atoms with van der Waals surface area (Å²) in [6.45, 7) is 1.54. The van der Waals surface area contributed by atoms with Gasteiger partial charge in [-0.15, -0.1) is 11.8 Å². The second kappa shape index (κ2) is 6.51. The normalized spacial score (nSPS) is 11.9. The number of thioether (sulfide) groups is 1.